The minimum atomic E-state index is -0.421. The molecule has 1 unspecified atom stereocenters. The van der Waals surface area contributed by atoms with Crippen molar-refractivity contribution in [1.82, 2.24) is 0 Å². The molecule has 2 aromatic carbocycles. The van der Waals surface area contributed by atoms with E-state index in [1.807, 2.05) is 30.3 Å². The molecule has 0 aliphatic heterocycles. The van der Waals surface area contributed by atoms with Crippen molar-refractivity contribution in [3.05, 3.63) is 60.2 Å². The van der Waals surface area contributed by atoms with Crippen LogP contribution < -0.4 is 5.73 Å². The first-order valence-electron chi connectivity index (χ1n) is 5.47. The lowest BCUT2D eigenvalue weighted by Crippen LogP contribution is -2.18. The van der Waals surface area contributed by atoms with Gasteiger partial charge in [-0.2, -0.15) is 0 Å². The summed E-state index contributed by atoms with van der Waals surface area (Å²) in [6, 6.07) is 16.1. The third kappa shape index (κ3) is 3.05. The van der Waals surface area contributed by atoms with Crippen molar-refractivity contribution < 1.29 is 9.90 Å². The van der Waals surface area contributed by atoms with Gasteiger partial charge in [-0.1, -0.05) is 30.3 Å². The Morgan fingerprint density at radius 1 is 1.06 bits per heavy atom. The van der Waals surface area contributed by atoms with Crippen molar-refractivity contribution in [2.75, 3.05) is 0 Å². The molecule has 0 bridgehead atoms. The number of carbonyl (C=O) groups is 1. The highest BCUT2D eigenvalue weighted by molar-refractivity contribution is 8.00. The first-order chi connectivity index (χ1) is 8.66. The molecule has 1 atom stereocenters. The number of nitrogens with two attached hydrogens (primary N) is 1. The van der Waals surface area contributed by atoms with E-state index in [-0.39, 0.29) is 11.7 Å². The Labute approximate surface area is 110 Å². The van der Waals surface area contributed by atoms with E-state index < -0.39 is 5.25 Å². The van der Waals surface area contributed by atoms with Crippen LogP contribution in [0.1, 0.15) is 10.8 Å². The zero-order valence-corrected chi connectivity index (χ0v) is 10.4. The van der Waals surface area contributed by atoms with Crippen LogP contribution in [0.3, 0.4) is 0 Å². The van der Waals surface area contributed by atoms with Gasteiger partial charge in [0.25, 0.3) is 0 Å². The van der Waals surface area contributed by atoms with Crippen LogP contribution in [-0.2, 0) is 4.79 Å². The summed E-state index contributed by atoms with van der Waals surface area (Å²) >= 11 is 1.37. The van der Waals surface area contributed by atoms with E-state index in [9.17, 15) is 9.90 Å². The molecule has 3 N–H and O–H groups in total. The fourth-order valence-electron chi connectivity index (χ4n) is 1.58. The van der Waals surface area contributed by atoms with Crippen LogP contribution in [0.4, 0.5) is 0 Å². The summed E-state index contributed by atoms with van der Waals surface area (Å²) in [5.74, 6) is -0.172. The number of primary amides is 1. The number of hydrogen-bond acceptors (Lipinski definition) is 3. The molecule has 92 valence electrons. The molecule has 4 heteroatoms. The van der Waals surface area contributed by atoms with Crippen LogP contribution in [0.15, 0.2) is 59.5 Å². The van der Waals surface area contributed by atoms with Crippen LogP contribution >= 0.6 is 11.8 Å². The van der Waals surface area contributed by atoms with Gasteiger partial charge in [0.1, 0.15) is 11.0 Å². The topological polar surface area (TPSA) is 63.3 Å². The highest BCUT2D eigenvalue weighted by Crippen LogP contribution is 2.35. The van der Waals surface area contributed by atoms with Crippen molar-refractivity contribution in [3.63, 3.8) is 0 Å². The number of rotatable bonds is 4. The molecule has 0 radical (unpaired) electrons. The fourth-order valence-corrected chi connectivity index (χ4v) is 2.55. The molecular formula is C14H13NO2S. The number of amides is 1. The smallest absolute Gasteiger partial charge is 0.235 e. The zero-order chi connectivity index (χ0) is 13.0. The van der Waals surface area contributed by atoms with E-state index in [0.717, 1.165) is 10.5 Å². The molecule has 3 nitrogen and oxygen atoms in total. The monoisotopic (exact) mass is 259 g/mol. The Morgan fingerprint density at radius 2 is 1.67 bits per heavy atom. The van der Waals surface area contributed by atoms with Gasteiger partial charge in [0.15, 0.2) is 0 Å². The summed E-state index contributed by atoms with van der Waals surface area (Å²) in [6.45, 7) is 0. The summed E-state index contributed by atoms with van der Waals surface area (Å²) in [5, 5.41) is 8.80. The Balaban J connectivity index is 2.22. The second-order valence-electron chi connectivity index (χ2n) is 3.80. The van der Waals surface area contributed by atoms with Crippen molar-refractivity contribution in [2.45, 2.75) is 10.1 Å². The largest absolute Gasteiger partial charge is 0.508 e. The third-order valence-corrected chi connectivity index (χ3v) is 3.74. The maximum Gasteiger partial charge on any atom is 0.235 e. The fraction of sp³-hybridized carbons (Fsp3) is 0.0714. The van der Waals surface area contributed by atoms with E-state index in [4.69, 9.17) is 5.73 Å². The average molecular weight is 259 g/mol. The molecule has 0 heterocycles. The first-order valence-corrected chi connectivity index (χ1v) is 6.35. The number of thioether (sulfide) groups is 1. The Kier molecular flexibility index (Phi) is 3.89. The molecule has 1 amide bonds. The highest BCUT2D eigenvalue weighted by atomic mass is 32.2. The molecule has 2 aromatic rings. The second-order valence-corrected chi connectivity index (χ2v) is 4.98. The third-order valence-electron chi connectivity index (χ3n) is 2.45. The van der Waals surface area contributed by atoms with Gasteiger partial charge in [-0.15, -0.1) is 11.8 Å². The van der Waals surface area contributed by atoms with Crippen LogP contribution in [0.5, 0.6) is 5.75 Å². The van der Waals surface area contributed by atoms with Gasteiger partial charge in [0, 0.05) is 4.90 Å². The van der Waals surface area contributed by atoms with Gasteiger partial charge in [-0.05, 0) is 29.8 Å². The maximum atomic E-state index is 11.5. The molecular weight excluding hydrogens is 246 g/mol. The first kappa shape index (κ1) is 12.5. The quantitative estimate of drug-likeness (QED) is 0.830. The lowest BCUT2D eigenvalue weighted by atomic mass is 10.1. The van der Waals surface area contributed by atoms with Gasteiger partial charge in [0.05, 0.1) is 0 Å². The zero-order valence-electron chi connectivity index (χ0n) is 9.61. The minimum Gasteiger partial charge on any atom is -0.508 e. The van der Waals surface area contributed by atoms with Gasteiger partial charge in [-0.25, -0.2) is 0 Å². The van der Waals surface area contributed by atoms with Crippen molar-refractivity contribution >= 4 is 17.7 Å². The number of hydrogen-bond donors (Lipinski definition) is 2. The number of aromatic hydroxyl groups is 1. The van der Waals surface area contributed by atoms with Crippen LogP contribution in [0.2, 0.25) is 0 Å². The second kappa shape index (κ2) is 5.60. The van der Waals surface area contributed by atoms with Gasteiger partial charge in [-0.3, -0.25) is 4.79 Å². The Bertz CT molecular complexity index is 525. The molecule has 0 aliphatic rings. The molecule has 0 fully saturated rings. The predicted octanol–water partition coefficient (Wildman–Crippen LogP) is 2.71. The number of benzene rings is 2. The maximum absolute atomic E-state index is 11.5. The SMILES string of the molecule is NC(=O)C(Sc1ccc(O)cc1)c1ccccc1. The predicted molar refractivity (Wildman–Crippen MR) is 72.3 cm³/mol. The molecule has 0 aromatic heterocycles. The van der Waals surface area contributed by atoms with Gasteiger partial charge < -0.3 is 10.8 Å². The lowest BCUT2D eigenvalue weighted by Gasteiger charge is -2.13. The molecule has 2 rings (SSSR count). The van der Waals surface area contributed by atoms with Crippen molar-refractivity contribution in [1.29, 1.82) is 0 Å². The molecule has 0 saturated carbocycles. The molecule has 0 saturated heterocycles. The summed E-state index contributed by atoms with van der Waals surface area (Å²) in [7, 11) is 0. The summed E-state index contributed by atoms with van der Waals surface area (Å²) in [6.07, 6.45) is 0. The molecule has 0 spiro atoms. The number of phenolic OH excluding ortho intramolecular Hbond substituents is 1. The summed E-state index contributed by atoms with van der Waals surface area (Å²) in [4.78, 5) is 12.4. The van der Waals surface area contributed by atoms with Crippen LogP contribution in [0.25, 0.3) is 0 Å². The number of phenols is 1. The minimum absolute atomic E-state index is 0.203. The van der Waals surface area contributed by atoms with Crippen molar-refractivity contribution in [2.24, 2.45) is 5.73 Å². The van der Waals surface area contributed by atoms with Gasteiger partial charge in [0.2, 0.25) is 5.91 Å². The standard InChI is InChI=1S/C14H13NO2S/c15-14(17)13(10-4-2-1-3-5-10)18-12-8-6-11(16)7-9-12/h1-9,13,16H,(H2,15,17). The van der Waals surface area contributed by atoms with E-state index in [1.54, 1.807) is 24.3 Å². The highest BCUT2D eigenvalue weighted by Gasteiger charge is 2.18. The normalized spacial score (nSPS) is 12.0. The summed E-state index contributed by atoms with van der Waals surface area (Å²) < 4.78 is 0. The van der Waals surface area contributed by atoms with Crippen LogP contribution in [0, 0.1) is 0 Å². The Hall–Kier alpha value is -1.94. The van der Waals surface area contributed by atoms with E-state index in [1.165, 1.54) is 11.8 Å². The van der Waals surface area contributed by atoms with Crippen molar-refractivity contribution in [3.8, 4) is 5.75 Å². The number of carbonyl (C=O) groups excluding carboxylic acids is 1. The summed E-state index contributed by atoms with van der Waals surface area (Å²) in [5.41, 5.74) is 6.32. The Morgan fingerprint density at radius 3 is 2.22 bits per heavy atom. The molecule has 0 aliphatic carbocycles. The lowest BCUT2D eigenvalue weighted by molar-refractivity contribution is -0.117. The van der Waals surface area contributed by atoms with E-state index in [2.05, 4.69) is 0 Å². The molecule has 18 heavy (non-hydrogen) atoms. The van der Waals surface area contributed by atoms with Crippen LogP contribution in [-0.4, -0.2) is 11.0 Å². The van der Waals surface area contributed by atoms with E-state index in [0.29, 0.717) is 0 Å². The van der Waals surface area contributed by atoms with E-state index >= 15 is 0 Å². The average Bonchev–Trinajstić information content (AvgIpc) is 2.38. The van der Waals surface area contributed by atoms with Gasteiger partial charge >= 0.3 is 0 Å².